The summed E-state index contributed by atoms with van der Waals surface area (Å²) in [7, 11) is -1.72. The molecule has 2 N–H and O–H groups in total. The fourth-order valence-corrected chi connectivity index (χ4v) is 5.13. The highest BCUT2D eigenvalue weighted by atomic mass is 28.4. The van der Waals surface area contributed by atoms with Gasteiger partial charge in [-0.05, 0) is 38.1 Å². The Morgan fingerprint density at radius 1 is 1.11 bits per heavy atom. The summed E-state index contributed by atoms with van der Waals surface area (Å²) < 4.78 is 12.0. The lowest BCUT2D eigenvalue weighted by Crippen LogP contribution is -2.47. The normalized spacial score (nSPS) is 15.7. The van der Waals surface area contributed by atoms with Gasteiger partial charge in [0.2, 0.25) is 0 Å². The minimum Gasteiger partial charge on any atom is -0.406 e. The molecule has 0 aliphatic carbocycles. The summed E-state index contributed by atoms with van der Waals surface area (Å²) in [6, 6.07) is 3.26. The SMILES string of the molecule is CCOC[C@@](C)(/C=C/OON)O[Si](CC)(CC)CC. The van der Waals surface area contributed by atoms with E-state index in [0.717, 1.165) is 18.1 Å². The third kappa shape index (κ3) is 6.53. The second-order valence-electron chi connectivity index (χ2n) is 4.79. The van der Waals surface area contributed by atoms with Gasteiger partial charge >= 0.3 is 0 Å². The van der Waals surface area contributed by atoms with Crippen LogP contribution in [0.1, 0.15) is 34.6 Å². The van der Waals surface area contributed by atoms with Gasteiger partial charge in [0.05, 0.1) is 12.2 Å². The van der Waals surface area contributed by atoms with Gasteiger partial charge in [-0.1, -0.05) is 25.8 Å². The fourth-order valence-electron chi connectivity index (χ4n) is 2.08. The lowest BCUT2D eigenvalue weighted by molar-refractivity contribution is -0.254. The largest absolute Gasteiger partial charge is 0.406 e. The molecule has 1 atom stereocenters. The molecule has 0 saturated heterocycles. The van der Waals surface area contributed by atoms with Gasteiger partial charge < -0.3 is 14.1 Å². The van der Waals surface area contributed by atoms with Gasteiger partial charge in [-0.2, -0.15) is 5.90 Å². The first kappa shape index (κ1) is 18.6. The molecule has 0 unspecified atom stereocenters. The van der Waals surface area contributed by atoms with Crippen LogP contribution in [0.25, 0.3) is 0 Å². The van der Waals surface area contributed by atoms with Crippen LogP contribution < -0.4 is 5.90 Å². The zero-order valence-corrected chi connectivity index (χ0v) is 13.9. The summed E-state index contributed by atoms with van der Waals surface area (Å²) in [6.45, 7) is 11.7. The van der Waals surface area contributed by atoms with Crippen molar-refractivity contribution in [1.29, 1.82) is 0 Å². The number of rotatable bonds is 11. The fraction of sp³-hybridized carbons (Fsp3) is 0.846. The lowest BCUT2D eigenvalue weighted by atomic mass is 10.1. The molecule has 6 heteroatoms. The van der Waals surface area contributed by atoms with Crippen LogP contribution in [0.15, 0.2) is 12.3 Å². The third-order valence-corrected chi connectivity index (χ3v) is 8.27. The van der Waals surface area contributed by atoms with Crippen LogP contribution in [0, 0.1) is 0 Å². The number of hydrogen-bond acceptors (Lipinski definition) is 5. The third-order valence-electron chi connectivity index (χ3n) is 3.51. The molecule has 0 aromatic heterocycles. The topological polar surface area (TPSA) is 62.9 Å². The average Bonchev–Trinajstić information content (AvgIpc) is 2.43. The first-order chi connectivity index (χ1) is 9.01. The molecule has 0 amide bonds. The molecule has 19 heavy (non-hydrogen) atoms. The van der Waals surface area contributed by atoms with Crippen molar-refractivity contribution in [3.63, 3.8) is 0 Å². The molecule has 0 saturated carbocycles. The molecule has 0 rings (SSSR count). The van der Waals surface area contributed by atoms with Crippen LogP contribution in [-0.2, 0) is 19.0 Å². The predicted molar refractivity (Wildman–Crippen MR) is 78.7 cm³/mol. The van der Waals surface area contributed by atoms with Gasteiger partial charge in [0.25, 0.3) is 0 Å². The van der Waals surface area contributed by atoms with Crippen molar-refractivity contribution >= 4 is 8.32 Å². The summed E-state index contributed by atoms with van der Waals surface area (Å²) >= 11 is 0. The van der Waals surface area contributed by atoms with Crippen molar-refractivity contribution in [3.05, 3.63) is 12.3 Å². The van der Waals surface area contributed by atoms with Crippen molar-refractivity contribution in [2.45, 2.75) is 58.4 Å². The molecule has 0 radical (unpaired) electrons. The maximum atomic E-state index is 6.47. The van der Waals surface area contributed by atoms with Gasteiger partial charge in [0, 0.05) is 6.61 Å². The van der Waals surface area contributed by atoms with Crippen molar-refractivity contribution in [2.75, 3.05) is 13.2 Å². The first-order valence-electron chi connectivity index (χ1n) is 6.99. The maximum absolute atomic E-state index is 6.47. The monoisotopic (exact) mass is 291 g/mol. The average molecular weight is 291 g/mol. The van der Waals surface area contributed by atoms with Crippen LogP contribution in [0.2, 0.25) is 18.1 Å². The van der Waals surface area contributed by atoms with Crippen LogP contribution in [-0.4, -0.2) is 27.1 Å². The van der Waals surface area contributed by atoms with Crippen LogP contribution >= 0.6 is 0 Å². The Bertz CT molecular complexity index is 251. The second kappa shape index (κ2) is 9.49. The summed E-state index contributed by atoms with van der Waals surface area (Å²) in [5.41, 5.74) is -0.511. The summed E-state index contributed by atoms with van der Waals surface area (Å²) in [6.07, 6.45) is 3.21. The van der Waals surface area contributed by atoms with E-state index in [-0.39, 0.29) is 0 Å². The van der Waals surface area contributed by atoms with Gasteiger partial charge in [-0.15, -0.1) is 0 Å². The Morgan fingerprint density at radius 3 is 2.11 bits per heavy atom. The standard InChI is InChI=1S/C13H29NO4Si/c1-6-15-12-13(5,10-11-16-18-14)17-19(7-2,8-3)9-4/h10-11H,6-9,12,14H2,1-5H3/b11-10+/t13-/m1/s1. The number of nitrogens with two attached hydrogens (primary N) is 1. The van der Waals surface area contributed by atoms with Crippen molar-refractivity contribution in [2.24, 2.45) is 5.90 Å². The van der Waals surface area contributed by atoms with Crippen LogP contribution in [0.3, 0.4) is 0 Å². The molecule has 0 bridgehead atoms. The molecule has 0 aromatic rings. The molecule has 0 spiro atoms. The highest BCUT2D eigenvalue weighted by Crippen LogP contribution is 2.29. The van der Waals surface area contributed by atoms with E-state index >= 15 is 0 Å². The van der Waals surface area contributed by atoms with Crippen LogP contribution in [0.5, 0.6) is 0 Å². The van der Waals surface area contributed by atoms with E-state index < -0.39 is 13.9 Å². The zero-order chi connectivity index (χ0) is 14.8. The van der Waals surface area contributed by atoms with E-state index in [2.05, 4.69) is 30.6 Å². The molecule has 0 aliphatic rings. The van der Waals surface area contributed by atoms with E-state index in [1.807, 2.05) is 13.8 Å². The quantitative estimate of drug-likeness (QED) is 0.274. The molecule has 0 aliphatic heterocycles. The Morgan fingerprint density at radius 2 is 1.68 bits per heavy atom. The minimum atomic E-state index is -1.72. The van der Waals surface area contributed by atoms with Gasteiger partial charge in [-0.25, -0.2) is 0 Å². The highest BCUT2D eigenvalue weighted by Gasteiger charge is 2.37. The summed E-state index contributed by atoms with van der Waals surface area (Å²) in [4.78, 5) is 8.68. The van der Waals surface area contributed by atoms with Gasteiger partial charge in [0.1, 0.15) is 6.26 Å². The van der Waals surface area contributed by atoms with E-state index in [9.17, 15) is 0 Å². The predicted octanol–water partition coefficient (Wildman–Crippen LogP) is 3.14. The van der Waals surface area contributed by atoms with Crippen LogP contribution in [0.4, 0.5) is 0 Å². The lowest BCUT2D eigenvalue weighted by Gasteiger charge is -2.38. The Kier molecular flexibility index (Phi) is 9.29. The van der Waals surface area contributed by atoms with Crippen molar-refractivity contribution < 1.29 is 19.0 Å². The molecule has 0 aromatic carbocycles. The molecule has 5 nitrogen and oxygen atoms in total. The zero-order valence-electron chi connectivity index (χ0n) is 12.9. The molecule has 0 heterocycles. The summed E-state index contributed by atoms with van der Waals surface area (Å²) in [5.74, 6) is 4.83. The van der Waals surface area contributed by atoms with Gasteiger partial charge in [-0.3, -0.25) is 0 Å². The van der Waals surface area contributed by atoms with Crippen molar-refractivity contribution in [1.82, 2.24) is 0 Å². The van der Waals surface area contributed by atoms with E-state index in [1.165, 1.54) is 6.26 Å². The minimum absolute atomic E-state index is 0.489. The maximum Gasteiger partial charge on any atom is 0.193 e. The van der Waals surface area contributed by atoms with E-state index in [0.29, 0.717) is 13.2 Å². The number of hydrogen-bond donors (Lipinski definition) is 1. The molecule has 114 valence electrons. The Labute approximate surface area is 118 Å². The smallest absolute Gasteiger partial charge is 0.193 e. The highest BCUT2D eigenvalue weighted by molar-refractivity contribution is 6.73. The molecule has 0 fully saturated rings. The Hall–Kier alpha value is -0.403. The van der Waals surface area contributed by atoms with Crippen molar-refractivity contribution in [3.8, 4) is 0 Å². The van der Waals surface area contributed by atoms with E-state index in [4.69, 9.17) is 15.1 Å². The molecular weight excluding hydrogens is 262 g/mol. The Balaban J connectivity index is 4.90. The number of ether oxygens (including phenoxy) is 1. The van der Waals surface area contributed by atoms with Gasteiger partial charge in [0.15, 0.2) is 8.32 Å². The van der Waals surface area contributed by atoms with E-state index in [1.54, 1.807) is 6.08 Å². The molecular formula is C13H29NO4Si. The first-order valence-corrected chi connectivity index (χ1v) is 9.52. The second-order valence-corrected chi connectivity index (χ2v) is 9.48. The summed E-state index contributed by atoms with van der Waals surface area (Å²) in [5, 5.41) is 0.